The van der Waals surface area contributed by atoms with Gasteiger partial charge in [0, 0.05) is 19.1 Å². The van der Waals surface area contributed by atoms with Crippen molar-refractivity contribution < 1.29 is 4.74 Å². The van der Waals surface area contributed by atoms with Crippen LogP contribution in [-0.2, 0) is 12.8 Å². The normalized spacial score (nSPS) is 16.6. The maximum Gasteiger partial charge on any atom is 0.119 e. The quantitative estimate of drug-likeness (QED) is 0.457. The Morgan fingerprint density at radius 1 is 0.906 bits per heavy atom. The summed E-state index contributed by atoms with van der Waals surface area (Å²) in [6, 6.07) is 18.4. The number of hydrogen-bond acceptors (Lipinski definition) is 3. The molecule has 1 aliphatic heterocycles. The zero-order valence-corrected chi connectivity index (χ0v) is 20.6. The van der Waals surface area contributed by atoms with E-state index in [0.29, 0.717) is 12.2 Å². The van der Waals surface area contributed by atoms with Gasteiger partial charge in [-0.2, -0.15) is 0 Å². The highest BCUT2D eigenvalue weighted by Gasteiger charge is 2.27. The first-order valence-corrected chi connectivity index (χ1v) is 12.0. The second-order valence-electron chi connectivity index (χ2n) is 9.44. The van der Waals surface area contributed by atoms with E-state index in [4.69, 9.17) is 4.74 Å². The van der Waals surface area contributed by atoms with Gasteiger partial charge in [0.05, 0.1) is 13.3 Å². The standard InChI is InChI=1S/C29H38N2O/c1-7-29(31-14-12-26-16-20(2)21(3)17-27(26)13-15-31)30(5)22(4)23-8-9-25-19-28(32-6)11-10-24(25)18-23/h8-11,16-19,22,29H,7,12-15H2,1-6H3. The maximum atomic E-state index is 5.38. The van der Waals surface area contributed by atoms with Crippen LogP contribution in [0.4, 0.5) is 0 Å². The summed E-state index contributed by atoms with van der Waals surface area (Å²) in [6.07, 6.45) is 3.85. The number of hydrogen-bond donors (Lipinski definition) is 0. The molecule has 0 N–H and O–H groups in total. The third-order valence-corrected chi connectivity index (χ3v) is 7.57. The number of benzene rings is 3. The first-order valence-electron chi connectivity index (χ1n) is 12.0. The number of methoxy groups -OCH3 is 1. The van der Waals surface area contributed by atoms with Gasteiger partial charge in [-0.1, -0.05) is 37.3 Å². The van der Waals surface area contributed by atoms with E-state index in [2.05, 4.69) is 87.0 Å². The van der Waals surface area contributed by atoms with Crippen molar-refractivity contribution in [2.24, 2.45) is 0 Å². The summed E-state index contributed by atoms with van der Waals surface area (Å²) in [4.78, 5) is 5.27. The van der Waals surface area contributed by atoms with Gasteiger partial charge in [-0.05, 0) is 104 Å². The summed E-state index contributed by atoms with van der Waals surface area (Å²) in [7, 11) is 4.02. The van der Waals surface area contributed by atoms with Crippen molar-refractivity contribution in [3.8, 4) is 5.75 Å². The molecule has 32 heavy (non-hydrogen) atoms. The van der Waals surface area contributed by atoms with E-state index in [-0.39, 0.29) is 0 Å². The fraction of sp³-hybridized carbons (Fsp3) is 0.448. The van der Waals surface area contributed by atoms with E-state index in [1.165, 1.54) is 27.5 Å². The number of ether oxygens (including phenoxy) is 1. The molecular formula is C29H38N2O. The topological polar surface area (TPSA) is 15.7 Å². The Labute approximate surface area is 194 Å². The van der Waals surface area contributed by atoms with Crippen LogP contribution in [0.15, 0.2) is 48.5 Å². The second kappa shape index (κ2) is 9.64. The highest BCUT2D eigenvalue weighted by Crippen LogP contribution is 2.29. The lowest BCUT2D eigenvalue weighted by Crippen LogP contribution is -2.48. The van der Waals surface area contributed by atoms with Crippen LogP contribution in [-0.4, -0.2) is 43.2 Å². The van der Waals surface area contributed by atoms with E-state index in [1.54, 1.807) is 18.2 Å². The molecule has 2 unspecified atom stereocenters. The van der Waals surface area contributed by atoms with Crippen molar-refractivity contribution >= 4 is 10.8 Å². The molecule has 3 heteroatoms. The van der Waals surface area contributed by atoms with E-state index >= 15 is 0 Å². The summed E-state index contributed by atoms with van der Waals surface area (Å²) < 4.78 is 5.38. The number of rotatable bonds is 6. The lowest BCUT2D eigenvalue weighted by atomic mass is 9.97. The fourth-order valence-corrected chi connectivity index (χ4v) is 5.27. The SMILES string of the molecule is CCC(N1CCc2cc(C)c(C)cc2CC1)N(C)C(C)c1ccc2cc(OC)ccc2c1. The van der Waals surface area contributed by atoms with Gasteiger partial charge < -0.3 is 4.74 Å². The van der Waals surface area contributed by atoms with Crippen LogP contribution in [0.5, 0.6) is 5.75 Å². The molecule has 1 heterocycles. The van der Waals surface area contributed by atoms with Crippen molar-refractivity contribution in [3.63, 3.8) is 0 Å². The molecule has 0 saturated heterocycles. The molecule has 3 aromatic rings. The van der Waals surface area contributed by atoms with E-state index in [0.717, 1.165) is 38.1 Å². The van der Waals surface area contributed by atoms with Gasteiger partial charge >= 0.3 is 0 Å². The minimum Gasteiger partial charge on any atom is -0.497 e. The third-order valence-electron chi connectivity index (χ3n) is 7.57. The van der Waals surface area contributed by atoms with Crippen molar-refractivity contribution in [1.82, 2.24) is 9.80 Å². The molecule has 3 nitrogen and oxygen atoms in total. The minimum absolute atomic E-state index is 0.349. The molecule has 2 atom stereocenters. The molecule has 0 aliphatic carbocycles. The Bertz CT molecular complexity index is 1060. The summed E-state index contributed by atoms with van der Waals surface area (Å²) in [5.41, 5.74) is 7.30. The average molecular weight is 431 g/mol. The summed E-state index contributed by atoms with van der Waals surface area (Å²) >= 11 is 0. The lowest BCUT2D eigenvalue weighted by molar-refractivity contribution is 0.0353. The third kappa shape index (κ3) is 4.55. The first kappa shape index (κ1) is 22.8. The van der Waals surface area contributed by atoms with Gasteiger partial charge in [0.25, 0.3) is 0 Å². The summed E-state index contributed by atoms with van der Waals surface area (Å²) in [5.74, 6) is 0.911. The predicted molar refractivity (Wildman–Crippen MR) is 136 cm³/mol. The lowest BCUT2D eigenvalue weighted by Gasteiger charge is -2.40. The zero-order valence-electron chi connectivity index (χ0n) is 20.6. The molecule has 0 bridgehead atoms. The summed E-state index contributed by atoms with van der Waals surface area (Å²) in [6.45, 7) is 11.4. The largest absolute Gasteiger partial charge is 0.497 e. The predicted octanol–water partition coefficient (Wildman–Crippen LogP) is 6.29. The number of nitrogens with zero attached hydrogens (tertiary/aromatic N) is 2. The van der Waals surface area contributed by atoms with Crippen LogP contribution in [0.25, 0.3) is 10.8 Å². The fourth-order valence-electron chi connectivity index (χ4n) is 5.27. The summed E-state index contributed by atoms with van der Waals surface area (Å²) in [5, 5.41) is 2.50. The van der Waals surface area contributed by atoms with Crippen molar-refractivity contribution in [1.29, 1.82) is 0 Å². The highest BCUT2D eigenvalue weighted by molar-refractivity contribution is 5.84. The Balaban J connectivity index is 1.52. The van der Waals surface area contributed by atoms with Crippen molar-refractivity contribution in [2.45, 2.75) is 59.2 Å². The molecule has 0 amide bonds. The zero-order chi connectivity index (χ0) is 22.8. The molecule has 0 spiro atoms. The molecule has 0 aromatic heterocycles. The Morgan fingerprint density at radius 2 is 1.50 bits per heavy atom. The van der Waals surface area contributed by atoms with Crippen LogP contribution < -0.4 is 4.74 Å². The Morgan fingerprint density at radius 3 is 2.09 bits per heavy atom. The Kier molecular flexibility index (Phi) is 6.88. The highest BCUT2D eigenvalue weighted by atomic mass is 16.5. The second-order valence-corrected chi connectivity index (χ2v) is 9.44. The van der Waals surface area contributed by atoms with Gasteiger partial charge in [0.2, 0.25) is 0 Å². The van der Waals surface area contributed by atoms with Gasteiger partial charge in [-0.3, -0.25) is 9.80 Å². The van der Waals surface area contributed by atoms with Gasteiger partial charge in [-0.25, -0.2) is 0 Å². The number of fused-ring (bicyclic) bond motifs is 2. The molecule has 3 aromatic carbocycles. The molecule has 170 valence electrons. The average Bonchev–Trinajstić information content (AvgIpc) is 3.01. The van der Waals surface area contributed by atoms with Crippen LogP contribution in [0.3, 0.4) is 0 Å². The molecular weight excluding hydrogens is 392 g/mol. The van der Waals surface area contributed by atoms with E-state index in [9.17, 15) is 0 Å². The Hall–Kier alpha value is -2.36. The van der Waals surface area contributed by atoms with Gasteiger partial charge in [-0.15, -0.1) is 0 Å². The van der Waals surface area contributed by atoms with E-state index < -0.39 is 0 Å². The van der Waals surface area contributed by atoms with Gasteiger partial charge in [0.1, 0.15) is 5.75 Å². The maximum absolute atomic E-state index is 5.38. The molecule has 1 aliphatic rings. The monoisotopic (exact) mass is 430 g/mol. The van der Waals surface area contributed by atoms with Crippen molar-refractivity contribution in [2.75, 3.05) is 27.2 Å². The van der Waals surface area contributed by atoms with Crippen LogP contribution in [0.2, 0.25) is 0 Å². The first-order chi connectivity index (χ1) is 15.4. The molecule has 4 rings (SSSR count). The van der Waals surface area contributed by atoms with Crippen LogP contribution in [0, 0.1) is 13.8 Å². The molecule has 0 radical (unpaired) electrons. The number of aryl methyl sites for hydroxylation is 2. The van der Waals surface area contributed by atoms with Gasteiger partial charge in [0.15, 0.2) is 0 Å². The molecule has 0 fully saturated rings. The van der Waals surface area contributed by atoms with Crippen molar-refractivity contribution in [3.05, 3.63) is 76.3 Å². The van der Waals surface area contributed by atoms with Crippen LogP contribution >= 0.6 is 0 Å². The minimum atomic E-state index is 0.349. The molecule has 0 saturated carbocycles. The smallest absolute Gasteiger partial charge is 0.119 e. The van der Waals surface area contributed by atoms with Crippen LogP contribution in [0.1, 0.15) is 54.1 Å². The van der Waals surface area contributed by atoms with E-state index in [1.807, 2.05) is 6.07 Å².